The molecule has 0 radical (unpaired) electrons. The fourth-order valence-electron chi connectivity index (χ4n) is 3.00. The van der Waals surface area contributed by atoms with Crippen LogP contribution in [-0.4, -0.2) is 26.8 Å². The summed E-state index contributed by atoms with van der Waals surface area (Å²) in [5.41, 5.74) is 7.99. The third kappa shape index (κ3) is 4.30. The van der Waals surface area contributed by atoms with E-state index in [2.05, 4.69) is 31.1 Å². The van der Waals surface area contributed by atoms with Crippen LogP contribution in [0.15, 0.2) is 54.9 Å². The van der Waals surface area contributed by atoms with Crippen molar-refractivity contribution in [3.8, 4) is 0 Å². The van der Waals surface area contributed by atoms with Gasteiger partial charge in [0.15, 0.2) is 5.82 Å². The SMILES string of the molecule is Cc1cnc(C(=O)NNc2ccnc3c(NC(=O)c4c(Cl)cccc4Cl)cccc23)[nH]1. The second-order valence-corrected chi connectivity index (χ2v) is 7.42. The number of nitrogens with zero attached hydrogens (tertiary/aromatic N) is 2. The number of aromatic nitrogens is 3. The van der Waals surface area contributed by atoms with Crippen LogP contribution in [0.5, 0.6) is 0 Å². The molecular weight excluding hydrogens is 439 g/mol. The van der Waals surface area contributed by atoms with E-state index >= 15 is 0 Å². The molecule has 0 atom stereocenters. The van der Waals surface area contributed by atoms with E-state index in [1.54, 1.807) is 55.7 Å². The zero-order valence-electron chi connectivity index (χ0n) is 16.2. The summed E-state index contributed by atoms with van der Waals surface area (Å²) in [6.07, 6.45) is 3.13. The van der Waals surface area contributed by atoms with Crippen molar-refractivity contribution >= 4 is 57.3 Å². The molecule has 2 aromatic heterocycles. The zero-order chi connectivity index (χ0) is 22.0. The Morgan fingerprint density at radius 1 is 0.935 bits per heavy atom. The minimum Gasteiger partial charge on any atom is -0.338 e. The lowest BCUT2D eigenvalue weighted by molar-refractivity contribution is 0.0952. The minimum absolute atomic E-state index is 0.179. The van der Waals surface area contributed by atoms with E-state index < -0.39 is 11.8 Å². The lowest BCUT2D eigenvalue weighted by Gasteiger charge is -2.13. The zero-order valence-corrected chi connectivity index (χ0v) is 17.7. The van der Waals surface area contributed by atoms with E-state index in [4.69, 9.17) is 23.2 Å². The van der Waals surface area contributed by atoms with Gasteiger partial charge in [-0.3, -0.25) is 25.4 Å². The van der Waals surface area contributed by atoms with Gasteiger partial charge in [-0.15, -0.1) is 0 Å². The molecule has 2 heterocycles. The van der Waals surface area contributed by atoms with E-state index in [0.717, 1.165) is 5.69 Å². The molecule has 2 aromatic carbocycles. The van der Waals surface area contributed by atoms with Crippen molar-refractivity contribution in [2.24, 2.45) is 0 Å². The highest BCUT2D eigenvalue weighted by atomic mass is 35.5. The van der Waals surface area contributed by atoms with Crippen molar-refractivity contribution in [2.75, 3.05) is 10.7 Å². The number of hydrazine groups is 1. The summed E-state index contributed by atoms with van der Waals surface area (Å²) >= 11 is 12.3. The number of para-hydroxylation sites is 1. The monoisotopic (exact) mass is 454 g/mol. The number of benzene rings is 2. The normalized spacial score (nSPS) is 10.7. The Balaban J connectivity index is 1.59. The molecule has 0 aliphatic heterocycles. The van der Waals surface area contributed by atoms with Crippen molar-refractivity contribution in [1.82, 2.24) is 20.4 Å². The van der Waals surface area contributed by atoms with Crippen LogP contribution in [0.1, 0.15) is 26.7 Å². The Bertz CT molecular complexity index is 1280. The van der Waals surface area contributed by atoms with Gasteiger partial charge < -0.3 is 10.3 Å². The summed E-state index contributed by atoms with van der Waals surface area (Å²) in [6.45, 7) is 1.80. The molecule has 2 amide bonds. The van der Waals surface area contributed by atoms with Crippen molar-refractivity contribution < 1.29 is 9.59 Å². The van der Waals surface area contributed by atoms with Gasteiger partial charge in [-0.25, -0.2) is 4.98 Å². The van der Waals surface area contributed by atoms with Gasteiger partial charge in [-0.1, -0.05) is 41.4 Å². The molecule has 0 aliphatic rings. The van der Waals surface area contributed by atoms with E-state index in [0.29, 0.717) is 22.3 Å². The van der Waals surface area contributed by atoms with Gasteiger partial charge >= 0.3 is 5.91 Å². The molecule has 156 valence electrons. The molecule has 0 saturated heterocycles. The summed E-state index contributed by atoms with van der Waals surface area (Å²) in [5.74, 6) is -0.687. The smallest absolute Gasteiger partial charge is 0.305 e. The summed E-state index contributed by atoms with van der Waals surface area (Å²) in [4.78, 5) is 36.2. The number of hydrogen-bond donors (Lipinski definition) is 4. The molecule has 0 saturated carbocycles. The number of aryl methyl sites for hydroxylation is 1. The summed E-state index contributed by atoms with van der Waals surface area (Å²) in [7, 11) is 0. The third-order valence-electron chi connectivity index (χ3n) is 4.44. The van der Waals surface area contributed by atoms with Crippen LogP contribution >= 0.6 is 23.2 Å². The van der Waals surface area contributed by atoms with E-state index in [-0.39, 0.29) is 21.4 Å². The predicted molar refractivity (Wildman–Crippen MR) is 121 cm³/mol. The van der Waals surface area contributed by atoms with Gasteiger partial charge in [0.05, 0.1) is 32.5 Å². The maximum atomic E-state index is 12.8. The van der Waals surface area contributed by atoms with Crippen molar-refractivity contribution in [3.05, 3.63) is 82.0 Å². The molecule has 0 aliphatic carbocycles. The highest BCUT2D eigenvalue weighted by Crippen LogP contribution is 2.29. The van der Waals surface area contributed by atoms with Crippen LogP contribution in [0.2, 0.25) is 10.0 Å². The number of carbonyl (C=O) groups excluding carboxylic acids is 2. The molecule has 10 heteroatoms. The lowest BCUT2D eigenvalue weighted by Crippen LogP contribution is -2.30. The fraction of sp³-hybridized carbons (Fsp3) is 0.0476. The summed E-state index contributed by atoms with van der Waals surface area (Å²) in [5, 5.41) is 3.98. The van der Waals surface area contributed by atoms with Gasteiger partial charge in [0.1, 0.15) is 0 Å². The first-order valence-electron chi connectivity index (χ1n) is 9.15. The lowest BCUT2D eigenvalue weighted by atomic mass is 10.1. The van der Waals surface area contributed by atoms with Gasteiger partial charge in [-0.2, -0.15) is 0 Å². The number of nitrogens with one attached hydrogen (secondary N) is 4. The molecular formula is C21H16Cl2N6O2. The van der Waals surface area contributed by atoms with Crippen LogP contribution in [0.4, 0.5) is 11.4 Å². The molecule has 0 fully saturated rings. The van der Waals surface area contributed by atoms with E-state index in [9.17, 15) is 9.59 Å². The Morgan fingerprint density at radius 2 is 1.68 bits per heavy atom. The number of anilines is 2. The predicted octanol–water partition coefficient (Wildman–Crippen LogP) is 4.58. The molecule has 0 bridgehead atoms. The van der Waals surface area contributed by atoms with Crippen molar-refractivity contribution in [3.63, 3.8) is 0 Å². The number of aromatic amines is 1. The Kier molecular flexibility index (Phi) is 5.75. The van der Waals surface area contributed by atoms with E-state index in [1.165, 1.54) is 0 Å². The number of fused-ring (bicyclic) bond motifs is 1. The van der Waals surface area contributed by atoms with Crippen LogP contribution in [-0.2, 0) is 0 Å². The first-order valence-corrected chi connectivity index (χ1v) is 9.90. The number of halogens is 2. The quantitative estimate of drug-likeness (QED) is 0.329. The number of hydrogen-bond acceptors (Lipinski definition) is 5. The first-order chi connectivity index (χ1) is 14.9. The third-order valence-corrected chi connectivity index (χ3v) is 5.07. The van der Waals surface area contributed by atoms with Crippen molar-refractivity contribution in [1.29, 1.82) is 0 Å². The Hall–Kier alpha value is -3.62. The number of H-pyrrole nitrogens is 1. The average molecular weight is 455 g/mol. The van der Waals surface area contributed by atoms with Gasteiger partial charge in [0.25, 0.3) is 5.91 Å². The van der Waals surface area contributed by atoms with Crippen LogP contribution in [0.3, 0.4) is 0 Å². The largest absolute Gasteiger partial charge is 0.338 e. The summed E-state index contributed by atoms with van der Waals surface area (Å²) in [6, 6.07) is 11.8. The topological polar surface area (TPSA) is 112 Å². The second-order valence-electron chi connectivity index (χ2n) is 6.60. The Morgan fingerprint density at radius 3 is 2.39 bits per heavy atom. The fourth-order valence-corrected chi connectivity index (χ4v) is 3.57. The van der Waals surface area contributed by atoms with Gasteiger partial charge in [-0.05, 0) is 31.2 Å². The number of carbonyl (C=O) groups is 2. The second kappa shape index (κ2) is 8.63. The molecule has 31 heavy (non-hydrogen) atoms. The number of rotatable bonds is 5. The van der Waals surface area contributed by atoms with Crippen molar-refractivity contribution in [2.45, 2.75) is 6.92 Å². The van der Waals surface area contributed by atoms with Crippen LogP contribution in [0.25, 0.3) is 10.9 Å². The highest BCUT2D eigenvalue weighted by Gasteiger charge is 2.17. The van der Waals surface area contributed by atoms with Crippen LogP contribution < -0.4 is 16.2 Å². The number of pyridine rings is 1. The molecule has 0 spiro atoms. The standard InChI is InChI=1S/C21H16Cl2N6O2/c1-11-10-25-19(26-11)21(31)29-28-15-8-9-24-18-12(15)4-2-7-16(18)27-20(30)17-13(22)5-3-6-14(17)23/h2-10H,1H3,(H,24,28)(H,25,26)(H,27,30)(H,29,31). The number of amides is 2. The summed E-state index contributed by atoms with van der Waals surface area (Å²) < 4.78 is 0. The highest BCUT2D eigenvalue weighted by molar-refractivity contribution is 6.40. The van der Waals surface area contributed by atoms with Crippen LogP contribution in [0, 0.1) is 6.92 Å². The first kappa shape index (κ1) is 20.6. The van der Waals surface area contributed by atoms with Gasteiger partial charge in [0.2, 0.25) is 0 Å². The maximum Gasteiger partial charge on any atom is 0.305 e. The maximum absolute atomic E-state index is 12.8. The van der Waals surface area contributed by atoms with E-state index in [1.807, 2.05) is 6.07 Å². The molecule has 0 unspecified atom stereocenters. The molecule has 4 rings (SSSR count). The molecule has 4 N–H and O–H groups in total. The average Bonchev–Trinajstić information content (AvgIpc) is 3.18. The molecule has 4 aromatic rings. The Labute approximate surface area is 187 Å². The number of imidazole rings is 1. The molecule has 8 nitrogen and oxygen atoms in total. The minimum atomic E-state index is -0.454. The van der Waals surface area contributed by atoms with Gasteiger partial charge in [0, 0.05) is 23.5 Å².